The number of carbonyl (C=O) groups is 1. The molecule has 0 radical (unpaired) electrons. The number of amides is 1. The fraction of sp³-hybridized carbons (Fsp3) is 0.917. The summed E-state index contributed by atoms with van der Waals surface area (Å²) in [6.45, 7) is 2.78. The molecule has 0 aliphatic heterocycles. The Morgan fingerprint density at radius 2 is 1.93 bits per heavy atom. The minimum Gasteiger partial charge on any atom is -0.353 e. The lowest BCUT2D eigenvalue weighted by atomic mass is 9.70. The van der Waals surface area contributed by atoms with Crippen LogP contribution in [0, 0.1) is 11.3 Å². The third-order valence-corrected chi connectivity index (χ3v) is 4.02. The van der Waals surface area contributed by atoms with E-state index in [0.29, 0.717) is 12.6 Å². The molecule has 2 saturated carbocycles. The molecular formula is C12H22N2O. The summed E-state index contributed by atoms with van der Waals surface area (Å²) in [5.41, 5.74) is 5.58. The van der Waals surface area contributed by atoms with Gasteiger partial charge in [0.05, 0.1) is 5.41 Å². The first-order chi connectivity index (χ1) is 7.16. The first-order valence-corrected chi connectivity index (χ1v) is 6.17. The molecule has 0 aromatic carbocycles. The van der Waals surface area contributed by atoms with E-state index in [4.69, 9.17) is 5.73 Å². The minimum atomic E-state index is -0.241. The molecule has 2 aliphatic rings. The van der Waals surface area contributed by atoms with Crippen LogP contribution in [0.15, 0.2) is 0 Å². The largest absolute Gasteiger partial charge is 0.353 e. The molecule has 0 atom stereocenters. The Balaban J connectivity index is 1.96. The fourth-order valence-corrected chi connectivity index (χ4v) is 2.40. The van der Waals surface area contributed by atoms with Gasteiger partial charge in [0, 0.05) is 12.6 Å². The first-order valence-electron chi connectivity index (χ1n) is 6.17. The zero-order valence-corrected chi connectivity index (χ0v) is 9.59. The van der Waals surface area contributed by atoms with Gasteiger partial charge in [-0.25, -0.2) is 0 Å². The molecule has 1 amide bonds. The van der Waals surface area contributed by atoms with Gasteiger partial charge in [-0.15, -0.1) is 0 Å². The van der Waals surface area contributed by atoms with Crippen molar-refractivity contribution in [2.75, 3.05) is 6.54 Å². The van der Waals surface area contributed by atoms with E-state index in [1.165, 1.54) is 0 Å². The third-order valence-electron chi connectivity index (χ3n) is 4.02. The average molecular weight is 210 g/mol. The normalized spacial score (nSPS) is 36.3. The Bertz CT molecular complexity index is 240. The average Bonchev–Trinajstić information content (AvgIpc) is 3.03. The summed E-state index contributed by atoms with van der Waals surface area (Å²) in [6, 6.07) is 0.459. The highest BCUT2D eigenvalue weighted by Crippen LogP contribution is 2.39. The summed E-state index contributed by atoms with van der Waals surface area (Å²) >= 11 is 0. The van der Waals surface area contributed by atoms with Crippen molar-refractivity contribution in [1.82, 2.24) is 5.32 Å². The van der Waals surface area contributed by atoms with Gasteiger partial charge in [-0.05, 0) is 44.4 Å². The maximum Gasteiger partial charge on any atom is 0.227 e. The first kappa shape index (κ1) is 10.9. The van der Waals surface area contributed by atoms with Crippen LogP contribution in [0.4, 0.5) is 0 Å². The van der Waals surface area contributed by atoms with Crippen LogP contribution in [0.25, 0.3) is 0 Å². The number of nitrogens with two attached hydrogens (primary N) is 1. The van der Waals surface area contributed by atoms with Gasteiger partial charge in [-0.2, -0.15) is 0 Å². The van der Waals surface area contributed by atoms with Crippen molar-refractivity contribution in [1.29, 1.82) is 0 Å². The van der Waals surface area contributed by atoms with Crippen LogP contribution in [0.5, 0.6) is 0 Å². The fourth-order valence-electron chi connectivity index (χ4n) is 2.40. The molecule has 0 unspecified atom stereocenters. The van der Waals surface area contributed by atoms with Crippen LogP contribution in [0.3, 0.4) is 0 Å². The quantitative estimate of drug-likeness (QED) is 0.740. The Morgan fingerprint density at radius 3 is 2.40 bits per heavy atom. The predicted molar refractivity (Wildman–Crippen MR) is 60.3 cm³/mol. The third kappa shape index (κ3) is 2.33. The van der Waals surface area contributed by atoms with E-state index < -0.39 is 0 Å². The highest BCUT2D eigenvalue weighted by atomic mass is 16.2. The Kier molecular flexibility index (Phi) is 3.01. The Morgan fingerprint density at radius 1 is 1.33 bits per heavy atom. The van der Waals surface area contributed by atoms with Crippen molar-refractivity contribution in [2.24, 2.45) is 17.1 Å². The summed E-state index contributed by atoms with van der Waals surface area (Å²) < 4.78 is 0. The molecule has 0 bridgehead atoms. The van der Waals surface area contributed by atoms with Crippen LogP contribution >= 0.6 is 0 Å². The standard InChI is InChI=1S/C12H22N2O/c1-9-4-6-12(8-13,7-5-9)11(15)14-10-2-3-10/h9-10H,2-8,13H2,1H3,(H,14,15). The Hall–Kier alpha value is -0.570. The molecule has 3 N–H and O–H groups in total. The van der Waals surface area contributed by atoms with Gasteiger partial charge in [0.1, 0.15) is 0 Å². The summed E-state index contributed by atoms with van der Waals surface area (Å²) in [5.74, 6) is 0.984. The number of nitrogens with one attached hydrogen (secondary N) is 1. The van der Waals surface area contributed by atoms with Gasteiger partial charge >= 0.3 is 0 Å². The molecule has 2 aliphatic carbocycles. The van der Waals surface area contributed by atoms with Crippen LogP contribution in [-0.2, 0) is 4.79 Å². The Labute approximate surface area is 91.8 Å². The van der Waals surface area contributed by atoms with Gasteiger partial charge in [-0.3, -0.25) is 4.79 Å². The van der Waals surface area contributed by atoms with Crippen molar-refractivity contribution in [3.63, 3.8) is 0 Å². The van der Waals surface area contributed by atoms with E-state index in [1.807, 2.05) is 0 Å². The summed E-state index contributed by atoms with van der Waals surface area (Å²) in [6.07, 6.45) is 6.56. The molecule has 2 fully saturated rings. The molecule has 86 valence electrons. The summed E-state index contributed by atoms with van der Waals surface area (Å²) in [4.78, 5) is 12.1. The van der Waals surface area contributed by atoms with Gasteiger partial charge < -0.3 is 11.1 Å². The lowest BCUT2D eigenvalue weighted by Gasteiger charge is -2.37. The van der Waals surface area contributed by atoms with Gasteiger partial charge in [0.25, 0.3) is 0 Å². The van der Waals surface area contributed by atoms with E-state index >= 15 is 0 Å². The van der Waals surface area contributed by atoms with E-state index in [9.17, 15) is 4.79 Å². The molecule has 0 saturated heterocycles. The summed E-state index contributed by atoms with van der Waals surface area (Å²) in [7, 11) is 0. The molecule has 2 rings (SSSR count). The number of rotatable bonds is 3. The van der Waals surface area contributed by atoms with E-state index in [1.54, 1.807) is 0 Å². The highest BCUT2D eigenvalue weighted by molar-refractivity contribution is 5.83. The minimum absolute atomic E-state index is 0.222. The molecule has 0 spiro atoms. The number of hydrogen-bond donors (Lipinski definition) is 2. The zero-order valence-electron chi connectivity index (χ0n) is 9.59. The molecule has 0 heterocycles. The van der Waals surface area contributed by atoms with E-state index in [0.717, 1.165) is 44.4 Å². The van der Waals surface area contributed by atoms with Crippen molar-refractivity contribution in [2.45, 2.75) is 51.5 Å². The SMILES string of the molecule is CC1CCC(CN)(C(=O)NC2CC2)CC1. The van der Waals surface area contributed by atoms with Crippen molar-refractivity contribution < 1.29 is 4.79 Å². The maximum absolute atomic E-state index is 12.1. The van der Waals surface area contributed by atoms with Gasteiger partial charge in [-0.1, -0.05) is 6.92 Å². The lowest BCUT2D eigenvalue weighted by molar-refractivity contribution is -0.133. The lowest BCUT2D eigenvalue weighted by Crippen LogP contribution is -2.48. The van der Waals surface area contributed by atoms with Crippen LogP contribution in [0.1, 0.15) is 45.4 Å². The van der Waals surface area contributed by atoms with E-state index in [-0.39, 0.29) is 11.3 Å². The maximum atomic E-state index is 12.1. The second-order valence-electron chi connectivity index (χ2n) is 5.41. The van der Waals surface area contributed by atoms with Crippen molar-refractivity contribution in [3.05, 3.63) is 0 Å². The van der Waals surface area contributed by atoms with Gasteiger partial charge in [0.15, 0.2) is 0 Å². The summed E-state index contributed by atoms with van der Waals surface area (Å²) in [5, 5.41) is 3.11. The van der Waals surface area contributed by atoms with Crippen LogP contribution in [0.2, 0.25) is 0 Å². The molecule has 0 aromatic heterocycles. The molecule has 3 heteroatoms. The predicted octanol–water partition coefficient (Wildman–Crippen LogP) is 1.42. The second-order valence-corrected chi connectivity index (χ2v) is 5.41. The number of hydrogen-bond acceptors (Lipinski definition) is 2. The highest BCUT2D eigenvalue weighted by Gasteiger charge is 2.41. The van der Waals surface area contributed by atoms with Crippen molar-refractivity contribution in [3.8, 4) is 0 Å². The van der Waals surface area contributed by atoms with Crippen LogP contribution in [-0.4, -0.2) is 18.5 Å². The topological polar surface area (TPSA) is 55.1 Å². The van der Waals surface area contributed by atoms with Crippen LogP contribution < -0.4 is 11.1 Å². The zero-order chi connectivity index (χ0) is 10.9. The molecule has 0 aromatic rings. The van der Waals surface area contributed by atoms with Gasteiger partial charge in [0.2, 0.25) is 5.91 Å². The molecule has 15 heavy (non-hydrogen) atoms. The van der Waals surface area contributed by atoms with Crippen molar-refractivity contribution >= 4 is 5.91 Å². The monoisotopic (exact) mass is 210 g/mol. The molecule has 3 nitrogen and oxygen atoms in total. The molecular weight excluding hydrogens is 188 g/mol. The number of carbonyl (C=O) groups excluding carboxylic acids is 1. The second kappa shape index (κ2) is 4.12. The van der Waals surface area contributed by atoms with E-state index in [2.05, 4.69) is 12.2 Å². The smallest absolute Gasteiger partial charge is 0.227 e.